The molecule has 0 N–H and O–H groups in total. The molecule has 0 fully saturated rings. The number of rotatable bonds is 0. The van der Waals surface area contributed by atoms with Gasteiger partial charge in [0.2, 0.25) is 0 Å². The molecule has 0 aliphatic carbocycles. The van der Waals surface area contributed by atoms with Gasteiger partial charge in [0.05, 0.1) is 5.54 Å². The quantitative estimate of drug-likeness (QED) is 0.417. The van der Waals surface area contributed by atoms with Crippen LogP contribution in [0.25, 0.3) is 0 Å². The molecule has 0 heterocycles. The summed E-state index contributed by atoms with van der Waals surface area (Å²) in [6.07, 6.45) is 0. The maximum absolute atomic E-state index is 4.72. The SMILES string of the molecule is CN(C)/C(=N/C(C)(C)C)C(C)(C)C. The monoisotopic (exact) mass is 184 g/mol. The Balaban J connectivity index is 4.95. The second-order valence-corrected chi connectivity index (χ2v) is 5.75. The molecule has 0 atom stereocenters. The van der Waals surface area contributed by atoms with Crippen LogP contribution in [0.15, 0.2) is 4.99 Å². The van der Waals surface area contributed by atoms with Gasteiger partial charge in [0.25, 0.3) is 0 Å². The highest BCUT2D eigenvalue weighted by molar-refractivity contribution is 5.87. The van der Waals surface area contributed by atoms with Crippen molar-refractivity contribution in [2.75, 3.05) is 14.1 Å². The predicted octanol–water partition coefficient (Wildman–Crippen LogP) is 2.79. The molecule has 0 saturated carbocycles. The first-order valence-electron chi connectivity index (χ1n) is 4.82. The zero-order valence-corrected chi connectivity index (χ0v) is 10.4. The number of nitrogens with zero attached hydrogens (tertiary/aromatic N) is 2. The molecule has 0 spiro atoms. The smallest absolute Gasteiger partial charge is 0.104 e. The Morgan fingerprint density at radius 2 is 1.31 bits per heavy atom. The van der Waals surface area contributed by atoms with Crippen LogP contribution in [-0.4, -0.2) is 30.4 Å². The largest absolute Gasteiger partial charge is 0.366 e. The van der Waals surface area contributed by atoms with E-state index in [9.17, 15) is 0 Å². The van der Waals surface area contributed by atoms with E-state index in [-0.39, 0.29) is 11.0 Å². The van der Waals surface area contributed by atoms with Crippen LogP contribution in [0.4, 0.5) is 0 Å². The van der Waals surface area contributed by atoms with Gasteiger partial charge in [-0.2, -0.15) is 0 Å². The lowest BCUT2D eigenvalue weighted by Gasteiger charge is -2.30. The van der Waals surface area contributed by atoms with Crippen LogP contribution in [0.2, 0.25) is 0 Å². The summed E-state index contributed by atoms with van der Waals surface area (Å²) < 4.78 is 0. The van der Waals surface area contributed by atoms with Gasteiger partial charge in [0.15, 0.2) is 0 Å². The van der Waals surface area contributed by atoms with Gasteiger partial charge in [-0.3, -0.25) is 4.99 Å². The average molecular weight is 184 g/mol. The maximum Gasteiger partial charge on any atom is 0.104 e. The number of hydrogen-bond donors (Lipinski definition) is 0. The maximum atomic E-state index is 4.72. The summed E-state index contributed by atoms with van der Waals surface area (Å²) in [5.74, 6) is 1.15. The van der Waals surface area contributed by atoms with E-state index in [1.807, 2.05) is 0 Å². The zero-order chi connectivity index (χ0) is 10.9. The van der Waals surface area contributed by atoms with E-state index in [4.69, 9.17) is 4.99 Å². The highest BCUT2D eigenvalue weighted by Gasteiger charge is 2.23. The Kier molecular flexibility index (Phi) is 3.54. The Morgan fingerprint density at radius 3 is 1.38 bits per heavy atom. The first-order valence-corrected chi connectivity index (χ1v) is 4.82. The van der Waals surface area contributed by atoms with E-state index in [1.165, 1.54) is 0 Å². The first-order chi connectivity index (χ1) is 5.54. The van der Waals surface area contributed by atoms with Gasteiger partial charge in [-0.05, 0) is 20.8 Å². The van der Waals surface area contributed by atoms with Crippen molar-refractivity contribution < 1.29 is 0 Å². The molecule has 78 valence electrons. The normalized spacial score (nSPS) is 14.6. The van der Waals surface area contributed by atoms with Crippen molar-refractivity contribution in [2.24, 2.45) is 10.4 Å². The van der Waals surface area contributed by atoms with Gasteiger partial charge in [0.1, 0.15) is 5.84 Å². The molecule has 0 saturated heterocycles. The van der Waals surface area contributed by atoms with E-state index in [2.05, 4.69) is 60.5 Å². The fourth-order valence-corrected chi connectivity index (χ4v) is 1.26. The Labute approximate surface area is 83.0 Å². The molecule has 2 nitrogen and oxygen atoms in total. The molecule has 0 aromatic carbocycles. The van der Waals surface area contributed by atoms with E-state index >= 15 is 0 Å². The minimum atomic E-state index is 0.00683. The lowest BCUT2D eigenvalue weighted by molar-refractivity contribution is 0.455. The summed E-state index contributed by atoms with van der Waals surface area (Å²) in [5, 5.41) is 0. The molecule has 0 radical (unpaired) electrons. The fraction of sp³-hybridized carbons (Fsp3) is 0.909. The van der Waals surface area contributed by atoms with Crippen molar-refractivity contribution in [3.63, 3.8) is 0 Å². The molecule has 0 bridgehead atoms. The van der Waals surface area contributed by atoms with Crippen molar-refractivity contribution in [2.45, 2.75) is 47.1 Å². The van der Waals surface area contributed by atoms with Crippen molar-refractivity contribution in [1.29, 1.82) is 0 Å². The Bertz CT molecular complexity index is 189. The number of aliphatic imine (C=N–C) groups is 1. The third-order valence-electron chi connectivity index (χ3n) is 1.54. The van der Waals surface area contributed by atoms with Crippen LogP contribution in [0.3, 0.4) is 0 Å². The Morgan fingerprint density at radius 1 is 0.923 bits per heavy atom. The molecule has 0 rings (SSSR count). The topological polar surface area (TPSA) is 15.6 Å². The molecule has 2 heteroatoms. The van der Waals surface area contributed by atoms with Crippen molar-refractivity contribution >= 4 is 5.84 Å². The summed E-state index contributed by atoms with van der Waals surface area (Å²) in [4.78, 5) is 6.82. The molecule has 0 unspecified atom stereocenters. The van der Waals surface area contributed by atoms with Gasteiger partial charge in [-0.15, -0.1) is 0 Å². The van der Waals surface area contributed by atoms with Crippen molar-refractivity contribution in [3.8, 4) is 0 Å². The highest BCUT2D eigenvalue weighted by atomic mass is 15.2. The average Bonchev–Trinajstić information content (AvgIpc) is 1.77. The van der Waals surface area contributed by atoms with Crippen LogP contribution in [0, 0.1) is 5.41 Å². The number of amidine groups is 1. The molecule has 0 aliphatic rings. The van der Waals surface area contributed by atoms with Gasteiger partial charge in [-0.1, -0.05) is 20.8 Å². The van der Waals surface area contributed by atoms with Gasteiger partial charge < -0.3 is 4.90 Å². The van der Waals surface area contributed by atoms with Crippen LogP contribution in [-0.2, 0) is 0 Å². The summed E-state index contributed by atoms with van der Waals surface area (Å²) in [7, 11) is 4.10. The third kappa shape index (κ3) is 4.91. The predicted molar refractivity (Wildman–Crippen MR) is 60.3 cm³/mol. The van der Waals surface area contributed by atoms with Crippen molar-refractivity contribution in [1.82, 2.24) is 4.90 Å². The van der Waals surface area contributed by atoms with E-state index < -0.39 is 0 Å². The molecule has 0 aromatic rings. The van der Waals surface area contributed by atoms with E-state index in [0.717, 1.165) is 5.84 Å². The second-order valence-electron chi connectivity index (χ2n) is 5.75. The van der Waals surface area contributed by atoms with Crippen LogP contribution in [0.1, 0.15) is 41.5 Å². The minimum Gasteiger partial charge on any atom is -0.366 e. The molecule has 13 heavy (non-hydrogen) atoms. The molecule has 0 aliphatic heterocycles. The summed E-state index contributed by atoms with van der Waals surface area (Å²) in [5.41, 5.74) is 0.129. The summed E-state index contributed by atoms with van der Waals surface area (Å²) in [6.45, 7) is 13.0. The molecule has 0 amide bonds. The zero-order valence-electron chi connectivity index (χ0n) is 10.4. The molecule has 0 aromatic heterocycles. The van der Waals surface area contributed by atoms with Crippen LogP contribution >= 0.6 is 0 Å². The van der Waals surface area contributed by atoms with Crippen LogP contribution < -0.4 is 0 Å². The highest BCUT2D eigenvalue weighted by Crippen LogP contribution is 2.20. The lowest BCUT2D eigenvalue weighted by Crippen LogP contribution is -2.36. The second kappa shape index (κ2) is 3.69. The van der Waals surface area contributed by atoms with Gasteiger partial charge in [0, 0.05) is 19.5 Å². The minimum absolute atomic E-state index is 0.00683. The van der Waals surface area contributed by atoms with E-state index in [0.29, 0.717) is 0 Å². The van der Waals surface area contributed by atoms with Gasteiger partial charge in [-0.25, -0.2) is 0 Å². The molecular formula is C11H24N2. The molecular weight excluding hydrogens is 160 g/mol. The standard InChI is InChI=1S/C11H24N2/c1-10(2,3)9(13(7)8)12-11(4,5)6/h1-8H3/b12-9+. The van der Waals surface area contributed by atoms with E-state index in [1.54, 1.807) is 0 Å². The summed E-state index contributed by atoms with van der Waals surface area (Å²) >= 11 is 0. The fourth-order valence-electron chi connectivity index (χ4n) is 1.26. The first kappa shape index (κ1) is 12.5. The number of hydrogen-bond acceptors (Lipinski definition) is 1. The lowest BCUT2D eigenvalue weighted by atomic mass is 9.93. The third-order valence-corrected chi connectivity index (χ3v) is 1.54. The summed E-state index contributed by atoms with van der Waals surface area (Å²) in [6, 6.07) is 0. The van der Waals surface area contributed by atoms with Gasteiger partial charge >= 0.3 is 0 Å². The Hall–Kier alpha value is -0.530. The van der Waals surface area contributed by atoms with Crippen LogP contribution in [0.5, 0.6) is 0 Å². The van der Waals surface area contributed by atoms with Crippen molar-refractivity contribution in [3.05, 3.63) is 0 Å².